The van der Waals surface area contributed by atoms with Crippen LogP contribution >= 0.6 is 0 Å². The van der Waals surface area contributed by atoms with Crippen LogP contribution in [0.5, 0.6) is 0 Å². The van der Waals surface area contributed by atoms with Crippen molar-refractivity contribution in [1.29, 1.82) is 0 Å². The predicted octanol–water partition coefficient (Wildman–Crippen LogP) is 5.65. The second-order valence-corrected chi connectivity index (χ2v) is 11.9. The van der Waals surface area contributed by atoms with Gasteiger partial charge in [0.2, 0.25) is 5.95 Å². The Morgan fingerprint density at radius 1 is 1.00 bits per heavy atom. The first-order valence-corrected chi connectivity index (χ1v) is 15.5. The van der Waals surface area contributed by atoms with E-state index in [0.29, 0.717) is 36.1 Å². The van der Waals surface area contributed by atoms with Crippen LogP contribution in [-0.2, 0) is 4.74 Å². The summed E-state index contributed by atoms with van der Waals surface area (Å²) in [5, 5.41) is 5.97. The predicted molar refractivity (Wildman–Crippen MR) is 154 cm³/mol. The second kappa shape index (κ2) is 13.4. The third kappa shape index (κ3) is 6.77. The first-order chi connectivity index (χ1) is 18.6. The molecule has 2 aromatic heterocycles. The van der Waals surface area contributed by atoms with E-state index in [1.54, 1.807) is 0 Å². The zero-order chi connectivity index (χ0) is 26.3. The fraction of sp³-hybridized carbons (Fsp3) is 0.828. The van der Waals surface area contributed by atoms with Gasteiger partial charge in [-0.2, -0.15) is 9.97 Å². The van der Waals surface area contributed by atoms with Crippen molar-refractivity contribution in [3.05, 3.63) is 6.33 Å². The molecule has 9 heteroatoms. The molecular weight excluding hydrogens is 476 g/mol. The molecule has 0 radical (unpaired) electrons. The Labute approximate surface area is 228 Å². The van der Waals surface area contributed by atoms with Gasteiger partial charge < -0.3 is 25.8 Å². The number of fused-ring (bicyclic) bond motifs is 1. The van der Waals surface area contributed by atoms with E-state index in [-0.39, 0.29) is 0 Å². The lowest BCUT2D eigenvalue weighted by Crippen LogP contribution is -2.42. The van der Waals surface area contributed by atoms with Gasteiger partial charge in [-0.25, -0.2) is 9.99 Å². The molecule has 4 N–H and O–H groups in total. The molecule has 2 saturated carbocycles. The van der Waals surface area contributed by atoms with Crippen LogP contribution in [0, 0.1) is 5.92 Å². The first kappa shape index (κ1) is 27.6. The van der Waals surface area contributed by atoms with Crippen LogP contribution in [0.2, 0.25) is 0 Å². The summed E-state index contributed by atoms with van der Waals surface area (Å²) in [5.74, 6) is 2.17. The lowest BCUT2D eigenvalue weighted by atomic mass is 9.89. The van der Waals surface area contributed by atoms with E-state index in [4.69, 9.17) is 25.4 Å². The van der Waals surface area contributed by atoms with Gasteiger partial charge in [-0.1, -0.05) is 39.5 Å². The number of hydrogen-bond donors (Lipinski definition) is 3. The van der Waals surface area contributed by atoms with Crippen LogP contribution in [-0.4, -0.2) is 62.4 Å². The Morgan fingerprint density at radius 3 is 2.47 bits per heavy atom. The molecule has 1 atom stereocenters. The summed E-state index contributed by atoms with van der Waals surface area (Å²) in [4.78, 5) is 14.8. The number of anilines is 2. The summed E-state index contributed by atoms with van der Waals surface area (Å²) in [6.07, 6.45) is 18.6. The van der Waals surface area contributed by atoms with Gasteiger partial charge in [0.15, 0.2) is 17.0 Å². The first-order valence-electron chi connectivity index (χ1n) is 15.5. The molecule has 2 aromatic rings. The SMILES string of the molecule is CCCCC(OCCC)C1CCN(Nc2nc(NC3CCC(N)CC3)nc3c2ncn3C2CCCC2)CC1. The Kier molecular flexibility index (Phi) is 9.73. The summed E-state index contributed by atoms with van der Waals surface area (Å²) in [6, 6.07) is 1.19. The quantitative estimate of drug-likeness (QED) is 0.326. The molecule has 212 valence electrons. The van der Waals surface area contributed by atoms with Crippen molar-refractivity contribution in [1.82, 2.24) is 24.5 Å². The smallest absolute Gasteiger partial charge is 0.227 e. The van der Waals surface area contributed by atoms with E-state index in [1.165, 1.54) is 44.9 Å². The number of nitrogens with zero attached hydrogens (tertiary/aromatic N) is 5. The normalized spacial score (nSPS) is 24.7. The molecule has 1 aliphatic heterocycles. The van der Waals surface area contributed by atoms with Crippen molar-refractivity contribution in [3.63, 3.8) is 0 Å². The van der Waals surface area contributed by atoms with Crippen molar-refractivity contribution in [2.45, 2.75) is 128 Å². The van der Waals surface area contributed by atoms with Gasteiger partial charge in [-0.15, -0.1) is 0 Å². The van der Waals surface area contributed by atoms with Crippen molar-refractivity contribution in [3.8, 4) is 0 Å². The number of piperidine rings is 1. The number of unbranched alkanes of at least 4 members (excludes halogenated alkanes) is 1. The largest absolute Gasteiger partial charge is 0.378 e. The van der Waals surface area contributed by atoms with E-state index in [0.717, 1.165) is 81.6 Å². The molecule has 3 aliphatic rings. The molecule has 2 aliphatic carbocycles. The van der Waals surface area contributed by atoms with Crippen LogP contribution in [0.15, 0.2) is 6.33 Å². The van der Waals surface area contributed by atoms with E-state index in [1.807, 2.05) is 6.33 Å². The molecular formula is C29H50N8O. The summed E-state index contributed by atoms with van der Waals surface area (Å²) in [7, 11) is 0. The average molecular weight is 527 g/mol. The summed E-state index contributed by atoms with van der Waals surface area (Å²) >= 11 is 0. The molecule has 9 nitrogen and oxygen atoms in total. The molecule has 3 heterocycles. The Morgan fingerprint density at radius 2 is 1.76 bits per heavy atom. The van der Waals surface area contributed by atoms with Crippen LogP contribution in [0.25, 0.3) is 11.2 Å². The van der Waals surface area contributed by atoms with Gasteiger partial charge >= 0.3 is 0 Å². The van der Waals surface area contributed by atoms with Crippen molar-refractivity contribution in [2.24, 2.45) is 11.7 Å². The lowest BCUT2D eigenvalue weighted by Gasteiger charge is -2.36. The van der Waals surface area contributed by atoms with Gasteiger partial charge in [0.25, 0.3) is 0 Å². The fourth-order valence-electron chi connectivity index (χ4n) is 6.62. The third-order valence-corrected chi connectivity index (χ3v) is 8.95. The van der Waals surface area contributed by atoms with Crippen molar-refractivity contribution >= 4 is 22.9 Å². The molecule has 38 heavy (non-hydrogen) atoms. The number of imidazole rings is 1. The zero-order valence-corrected chi connectivity index (χ0v) is 23.7. The zero-order valence-electron chi connectivity index (χ0n) is 23.7. The molecule has 0 spiro atoms. The van der Waals surface area contributed by atoms with E-state index < -0.39 is 0 Å². The monoisotopic (exact) mass is 526 g/mol. The van der Waals surface area contributed by atoms with Gasteiger partial charge in [-0.05, 0) is 70.1 Å². The van der Waals surface area contributed by atoms with Crippen LogP contribution in [0.1, 0.15) is 110 Å². The molecule has 0 amide bonds. The molecule has 1 saturated heterocycles. The number of rotatable bonds is 12. The number of nitrogens with one attached hydrogen (secondary N) is 2. The van der Waals surface area contributed by atoms with Gasteiger partial charge in [0, 0.05) is 37.8 Å². The highest BCUT2D eigenvalue weighted by Gasteiger charge is 2.29. The summed E-state index contributed by atoms with van der Waals surface area (Å²) < 4.78 is 8.60. The molecule has 5 rings (SSSR count). The minimum Gasteiger partial charge on any atom is -0.378 e. The third-order valence-electron chi connectivity index (χ3n) is 8.95. The molecule has 0 aromatic carbocycles. The minimum atomic E-state index is 0.328. The van der Waals surface area contributed by atoms with Gasteiger partial charge in [0.1, 0.15) is 0 Å². The maximum atomic E-state index is 6.30. The van der Waals surface area contributed by atoms with Crippen molar-refractivity contribution < 1.29 is 4.74 Å². The van der Waals surface area contributed by atoms with Gasteiger partial charge in [-0.3, -0.25) is 0 Å². The number of aromatic nitrogens is 4. The highest BCUT2D eigenvalue weighted by molar-refractivity contribution is 5.84. The highest BCUT2D eigenvalue weighted by atomic mass is 16.5. The van der Waals surface area contributed by atoms with E-state index in [2.05, 4.69) is 34.2 Å². The van der Waals surface area contributed by atoms with Crippen LogP contribution < -0.4 is 16.5 Å². The Bertz CT molecular complexity index is 982. The topological polar surface area (TPSA) is 106 Å². The number of ether oxygens (including phenoxy) is 1. The Hall–Kier alpha value is -1.97. The van der Waals surface area contributed by atoms with Crippen molar-refractivity contribution in [2.75, 3.05) is 30.4 Å². The summed E-state index contributed by atoms with van der Waals surface area (Å²) in [5.41, 5.74) is 11.6. The maximum Gasteiger partial charge on any atom is 0.227 e. The molecule has 3 fully saturated rings. The van der Waals surface area contributed by atoms with Crippen LogP contribution in [0.3, 0.4) is 0 Å². The Balaban J connectivity index is 1.30. The number of hydrogen-bond acceptors (Lipinski definition) is 8. The molecule has 0 bridgehead atoms. The number of hydrazine groups is 1. The standard InChI is InChI=1S/C29H50N8O/c1-3-5-10-25(38-19-4-2)21-15-17-36(18-16-21)35-27-26-28(37(20-31-26)24-8-6-7-9-24)34-29(33-27)32-23-13-11-22(30)12-14-23/h20-25H,3-19,30H2,1-2H3,(H2,32,33,34,35). The average Bonchev–Trinajstić information content (AvgIpc) is 3.61. The van der Waals surface area contributed by atoms with E-state index in [9.17, 15) is 0 Å². The van der Waals surface area contributed by atoms with Crippen LogP contribution in [0.4, 0.5) is 11.8 Å². The maximum absolute atomic E-state index is 6.30. The van der Waals surface area contributed by atoms with Gasteiger partial charge in [0.05, 0.1) is 12.4 Å². The highest BCUT2D eigenvalue weighted by Crippen LogP contribution is 2.34. The second-order valence-electron chi connectivity index (χ2n) is 11.9. The number of nitrogens with two attached hydrogens (primary N) is 1. The molecule has 1 unspecified atom stereocenters. The lowest BCUT2D eigenvalue weighted by molar-refractivity contribution is -0.0129. The fourth-order valence-corrected chi connectivity index (χ4v) is 6.62. The van der Waals surface area contributed by atoms with E-state index >= 15 is 0 Å². The summed E-state index contributed by atoms with van der Waals surface area (Å²) in [6.45, 7) is 7.32. The minimum absolute atomic E-state index is 0.328.